The molecule has 1 aliphatic heterocycles. The van der Waals surface area contributed by atoms with Crippen molar-refractivity contribution in [3.8, 4) is 0 Å². The molecule has 1 aromatic carbocycles. The first-order chi connectivity index (χ1) is 9.81. The molecule has 0 N–H and O–H groups in total. The van der Waals surface area contributed by atoms with Crippen LogP contribution >= 0.6 is 0 Å². The number of benzene rings is 1. The summed E-state index contributed by atoms with van der Waals surface area (Å²) in [5, 5.41) is 0. The van der Waals surface area contributed by atoms with E-state index in [9.17, 15) is 0 Å². The third kappa shape index (κ3) is 3.40. The molecule has 0 amide bonds. The molecule has 1 fully saturated rings. The summed E-state index contributed by atoms with van der Waals surface area (Å²) in [7, 11) is 0. The maximum absolute atomic E-state index is 5.79. The standard InChI is InChI=1S/C17H24N2O/c1-14-8-9-16-15(13-14)18-17(20-16)7-3-6-12-19-10-4-2-5-11-19/h8-9,13H,2-7,10-12H2,1H3. The molecule has 1 aliphatic rings. The number of hydrogen-bond acceptors (Lipinski definition) is 3. The van der Waals surface area contributed by atoms with Gasteiger partial charge in [-0.05, 0) is 69.9 Å². The van der Waals surface area contributed by atoms with Crippen molar-refractivity contribution in [1.82, 2.24) is 9.88 Å². The molecule has 0 unspecified atom stereocenters. The molecule has 1 aromatic heterocycles. The van der Waals surface area contributed by atoms with Gasteiger partial charge in [0.15, 0.2) is 11.5 Å². The van der Waals surface area contributed by atoms with Gasteiger partial charge in [0.25, 0.3) is 0 Å². The Morgan fingerprint density at radius 2 is 2.00 bits per heavy atom. The average Bonchev–Trinajstić information content (AvgIpc) is 2.86. The molecule has 0 atom stereocenters. The van der Waals surface area contributed by atoms with Crippen LogP contribution in [0.2, 0.25) is 0 Å². The minimum atomic E-state index is 0.893. The smallest absolute Gasteiger partial charge is 0.195 e. The van der Waals surface area contributed by atoms with Gasteiger partial charge in [0.05, 0.1) is 0 Å². The lowest BCUT2D eigenvalue weighted by molar-refractivity contribution is 0.224. The van der Waals surface area contributed by atoms with Gasteiger partial charge in [0.1, 0.15) is 5.52 Å². The van der Waals surface area contributed by atoms with Crippen LogP contribution in [0, 0.1) is 6.92 Å². The van der Waals surface area contributed by atoms with Crippen LogP contribution in [-0.2, 0) is 6.42 Å². The van der Waals surface area contributed by atoms with Gasteiger partial charge in [-0.3, -0.25) is 0 Å². The fourth-order valence-electron chi connectivity index (χ4n) is 2.99. The van der Waals surface area contributed by atoms with Crippen LogP contribution in [0.5, 0.6) is 0 Å². The first kappa shape index (κ1) is 13.6. The maximum atomic E-state index is 5.79. The minimum absolute atomic E-state index is 0.893. The van der Waals surface area contributed by atoms with E-state index in [0.717, 1.165) is 23.4 Å². The van der Waals surface area contributed by atoms with Crippen LogP contribution in [0.25, 0.3) is 11.1 Å². The lowest BCUT2D eigenvalue weighted by Gasteiger charge is -2.26. The van der Waals surface area contributed by atoms with E-state index in [-0.39, 0.29) is 0 Å². The molecule has 20 heavy (non-hydrogen) atoms. The first-order valence-electron chi connectivity index (χ1n) is 7.90. The summed E-state index contributed by atoms with van der Waals surface area (Å²) in [5.41, 5.74) is 3.15. The molecular weight excluding hydrogens is 248 g/mol. The van der Waals surface area contributed by atoms with Gasteiger partial charge in [-0.25, -0.2) is 4.98 Å². The minimum Gasteiger partial charge on any atom is -0.441 e. The molecule has 3 nitrogen and oxygen atoms in total. The third-order valence-corrected chi connectivity index (χ3v) is 4.15. The highest BCUT2D eigenvalue weighted by Gasteiger charge is 2.10. The number of rotatable bonds is 5. The second kappa shape index (κ2) is 6.40. The number of fused-ring (bicyclic) bond motifs is 1. The van der Waals surface area contributed by atoms with E-state index < -0.39 is 0 Å². The van der Waals surface area contributed by atoms with Crippen molar-refractivity contribution in [2.75, 3.05) is 19.6 Å². The Hall–Kier alpha value is -1.35. The fraction of sp³-hybridized carbons (Fsp3) is 0.588. The van der Waals surface area contributed by atoms with E-state index in [1.54, 1.807) is 0 Å². The second-order valence-electron chi connectivity index (χ2n) is 5.94. The molecular formula is C17H24N2O. The zero-order chi connectivity index (χ0) is 13.8. The number of aryl methyl sites for hydroxylation is 2. The summed E-state index contributed by atoms with van der Waals surface area (Å²) in [4.78, 5) is 7.17. The average molecular weight is 272 g/mol. The van der Waals surface area contributed by atoms with Gasteiger partial charge >= 0.3 is 0 Å². The van der Waals surface area contributed by atoms with Crippen molar-refractivity contribution >= 4 is 11.1 Å². The Morgan fingerprint density at radius 1 is 1.15 bits per heavy atom. The highest BCUT2D eigenvalue weighted by molar-refractivity contribution is 5.73. The molecule has 3 heteroatoms. The Kier molecular flexibility index (Phi) is 4.36. The van der Waals surface area contributed by atoms with E-state index in [1.165, 1.54) is 57.3 Å². The Balaban J connectivity index is 1.47. The van der Waals surface area contributed by atoms with Gasteiger partial charge in [-0.1, -0.05) is 12.5 Å². The molecule has 0 bridgehead atoms. The SMILES string of the molecule is Cc1ccc2oc(CCCCN3CCCCC3)nc2c1. The molecule has 0 radical (unpaired) electrons. The molecule has 3 rings (SSSR count). The van der Waals surface area contributed by atoms with Crippen LogP contribution in [-0.4, -0.2) is 29.5 Å². The fourth-order valence-corrected chi connectivity index (χ4v) is 2.99. The maximum Gasteiger partial charge on any atom is 0.195 e. The van der Waals surface area contributed by atoms with Gasteiger partial charge < -0.3 is 9.32 Å². The Labute approximate surface area is 121 Å². The number of likely N-dealkylation sites (tertiary alicyclic amines) is 1. The van der Waals surface area contributed by atoms with Crippen LogP contribution in [0.1, 0.15) is 43.6 Å². The summed E-state index contributed by atoms with van der Waals surface area (Å²) in [6.07, 6.45) is 7.55. The van der Waals surface area contributed by atoms with E-state index in [2.05, 4.69) is 28.9 Å². The summed E-state index contributed by atoms with van der Waals surface area (Å²) < 4.78 is 5.79. The van der Waals surface area contributed by atoms with Crippen LogP contribution in [0.15, 0.2) is 22.6 Å². The van der Waals surface area contributed by atoms with Crippen LogP contribution in [0.4, 0.5) is 0 Å². The number of aromatic nitrogens is 1. The monoisotopic (exact) mass is 272 g/mol. The van der Waals surface area contributed by atoms with E-state index >= 15 is 0 Å². The lowest BCUT2D eigenvalue weighted by Crippen LogP contribution is -2.30. The number of oxazole rings is 1. The van der Waals surface area contributed by atoms with Gasteiger partial charge in [0.2, 0.25) is 0 Å². The molecule has 0 saturated carbocycles. The van der Waals surface area contributed by atoms with Crippen LogP contribution < -0.4 is 0 Å². The Morgan fingerprint density at radius 3 is 2.85 bits per heavy atom. The number of unbranched alkanes of at least 4 members (excludes halogenated alkanes) is 1. The number of piperidine rings is 1. The van der Waals surface area contributed by atoms with Crippen molar-refractivity contribution in [3.05, 3.63) is 29.7 Å². The normalized spacial score (nSPS) is 16.9. The second-order valence-corrected chi connectivity index (χ2v) is 5.94. The van der Waals surface area contributed by atoms with Crippen molar-refractivity contribution in [2.45, 2.75) is 45.4 Å². The van der Waals surface area contributed by atoms with Crippen molar-refractivity contribution in [3.63, 3.8) is 0 Å². The van der Waals surface area contributed by atoms with Crippen molar-refractivity contribution < 1.29 is 4.42 Å². The third-order valence-electron chi connectivity index (χ3n) is 4.15. The molecule has 0 aliphatic carbocycles. The zero-order valence-electron chi connectivity index (χ0n) is 12.4. The summed E-state index contributed by atoms with van der Waals surface area (Å²) >= 11 is 0. The van der Waals surface area contributed by atoms with Crippen LogP contribution in [0.3, 0.4) is 0 Å². The first-order valence-corrected chi connectivity index (χ1v) is 7.90. The van der Waals surface area contributed by atoms with E-state index in [4.69, 9.17) is 4.42 Å². The Bertz CT molecular complexity index is 555. The van der Waals surface area contributed by atoms with E-state index in [1.807, 2.05) is 6.07 Å². The highest BCUT2D eigenvalue weighted by Crippen LogP contribution is 2.18. The predicted molar refractivity (Wildman–Crippen MR) is 82.0 cm³/mol. The van der Waals surface area contributed by atoms with Gasteiger partial charge in [0, 0.05) is 6.42 Å². The quantitative estimate of drug-likeness (QED) is 0.772. The largest absolute Gasteiger partial charge is 0.441 e. The molecule has 2 aromatic rings. The van der Waals surface area contributed by atoms with Crippen molar-refractivity contribution in [2.24, 2.45) is 0 Å². The van der Waals surface area contributed by atoms with Crippen molar-refractivity contribution in [1.29, 1.82) is 0 Å². The molecule has 108 valence electrons. The molecule has 0 spiro atoms. The lowest BCUT2D eigenvalue weighted by atomic mass is 10.1. The summed E-state index contributed by atoms with van der Waals surface area (Å²) in [6, 6.07) is 6.19. The number of nitrogens with zero attached hydrogens (tertiary/aromatic N) is 2. The zero-order valence-corrected chi connectivity index (χ0v) is 12.4. The topological polar surface area (TPSA) is 29.3 Å². The predicted octanol–water partition coefficient (Wildman–Crippen LogP) is 3.94. The molecule has 2 heterocycles. The van der Waals surface area contributed by atoms with Gasteiger partial charge in [-0.2, -0.15) is 0 Å². The molecule has 1 saturated heterocycles. The summed E-state index contributed by atoms with van der Waals surface area (Å²) in [5.74, 6) is 0.893. The van der Waals surface area contributed by atoms with Gasteiger partial charge in [-0.15, -0.1) is 0 Å². The highest BCUT2D eigenvalue weighted by atomic mass is 16.3. The number of hydrogen-bond donors (Lipinski definition) is 0. The summed E-state index contributed by atoms with van der Waals surface area (Å²) in [6.45, 7) is 5.91. The van der Waals surface area contributed by atoms with E-state index in [0.29, 0.717) is 0 Å².